The van der Waals surface area contributed by atoms with Crippen molar-refractivity contribution in [3.05, 3.63) is 34.9 Å². The zero-order valence-electron chi connectivity index (χ0n) is 11.9. The van der Waals surface area contributed by atoms with E-state index in [1.165, 1.54) is 11.1 Å². The molecule has 3 nitrogen and oxygen atoms in total. The van der Waals surface area contributed by atoms with Crippen LogP contribution in [-0.2, 0) is 11.3 Å². The molecule has 0 amide bonds. The van der Waals surface area contributed by atoms with Gasteiger partial charge in [-0.2, -0.15) is 0 Å². The van der Waals surface area contributed by atoms with Crippen LogP contribution in [-0.4, -0.2) is 28.1 Å². The number of hydrogen-bond donors (Lipinski definition) is 1. The summed E-state index contributed by atoms with van der Waals surface area (Å²) in [7, 11) is 0. The molecule has 0 aliphatic heterocycles. The van der Waals surface area contributed by atoms with Gasteiger partial charge in [0.05, 0.1) is 6.54 Å². The Hall–Kier alpha value is -1.35. The number of aliphatic carboxylic acids is 1. The van der Waals surface area contributed by atoms with Crippen LogP contribution in [0.15, 0.2) is 18.2 Å². The van der Waals surface area contributed by atoms with Gasteiger partial charge in [0.2, 0.25) is 0 Å². The van der Waals surface area contributed by atoms with E-state index >= 15 is 0 Å². The number of carbonyl (C=O) groups is 1. The molecule has 0 saturated heterocycles. The van der Waals surface area contributed by atoms with Crippen LogP contribution in [0.1, 0.15) is 37.5 Å². The maximum Gasteiger partial charge on any atom is 0.317 e. The molecule has 18 heavy (non-hydrogen) atoms. The molecule has 0 spiro atoms. The summed E-state index contributed by atoms with van der Waals surface area (Å²) in [6, 6.07) is 6.30. The molecule has 0 heterocycles. The molecule has 0 unspecified atom stereocenters. The van der Waals surface area contributed by atoms with E-state index in [2.05, 4.69) is 32.0 Å². The minimum absolute atomic E-state index is 0.0659. The lowest BCUT2D eigenvalue weighted by molar-refractivity contribution is -0.139. The van der Waals surface area contributed by atoms with Crippen molar-refractivity contribution in [3.63, 3.8) is 0 Å². The van der Waals surface area contributed by atoms with Crippen LogP contribution < -0.4 is 0 Å². The van der Waals surface area contributed by atoms with Gasteiger partial charge in [-0.25, -0.2) is 0 Å². The Labute approximate surface area is 109 Å². The zero-order valence-corrected chi connectivity index (χ0v) is 11.9. The van der Waals surface area contributed by atoms with Crippen LogP contribution in [0.5, 0.6) is 0 Å². The third-order valence-electron chi connectivity index (χ3n) is 3.22. The predicted octanol–water partition coefficient (Wildman–Crippen LogP) is 2.99. The summed E-state index contributed by atoms with van der Waals surface area (Å²) < 4.78 is 0. The average Bonchev–Trinajstić information content (AvgIpc) is 2.20. The fourth-order valence-electron chi connectivity index (χ4n) is 1.82. The lowest BCUT2D eigenvalue weighted by Gasteiger charge is -2.34. The maximum atomic E-state index is 10.9. The first-order chi connectivity index (χ1) is 8.20. The highest BCUT2D eigenvalue weighted by atomic mass is 16.4. The summed E-state index contributed by atoms with van der Waals surface area (Å²) in [5.74, 6) is -0.784. The molecular formula is C15H23NO2. The van der Waals surface area contributed by atoms with Crippen molar-refractivity contribution in [2.75, 3.05) is 6.54 Å². The summed E-state index contributed by atoms with van der Waals surface area (Å²) in [5.41, 5.74) is 3.52. The first kappa shape index (κ1) is 14.7. The smallest absolute Gasteiger partial charge is 0.317 e. The SMILES string of the molecule is Cc1ccc(CN(CC(=O)O)C(C)(C)C)cc1C. The van der Waals surface area contributed by atoms with E-state index in [1.807, 2.05) is 25.7 Å². The van der Waals surface area contributed by atoms with Gasteiger partial charge < -0.3 is 5.11 Å². The van der Waals surface area contributed by atoms with Crippen molar-refractivity contribution >= 4 is 5.97 Å². The van der Waals surface area contributed by atoms with Crippen molar-refractivity contribution in [1.82, 2.24) is 4.90 Å². The third kappa shape index (κ3) is 4.15. The van der Waals surface area contributed by atoms with E-state index in [0.717, 1.165) is 5.56 Å². The van der Waals surface area contributed by atoms with Crippen molar-refractivity contribution in [1.29, 1.82) is 0 Å². The van der Waals surface area contributed by atoms with Crippen molar-refractivity contribution < 1.29 is 9.90 Å². The van der Waals surface area contributed by atoms with Gasteiger partial charge in [0, 0.05) is 12.1 Å². The molecule has 0 aromatic heterocycles. The molecule has 0 saturated carbocycles. The van der Waals surface area contributed by atoms with E-state index < -0.39 is 5.97 Å². The molecule has 0 bridgehead atoms. The van der Waals surface area contributed by atoms with Crippen LogP contribution in [0, 0.1) is 13.8 Å². The van der Waals surface area contributed by atoms with Gasteiger partial charge in [0.25, 0.3) is 0 Å². The molecule has 3 heteroatoms. The highest BCUT2D eigenvalue weighted by Crippen LogP contribution is 2.18. The molecule has 0 fully saturated rings. The van der Waals surface area contributed by atoms with Crippen molar-refractivity contribution in [3.8, 4) is 0 Å². The molecule has 0 aliphatic rings. The monoisotopic (exact) mass is 249 g/mol. The summed E-state index contributed by atoms with van der Waals surface area (Å²) in [4.78, 5) is 12.9. The Bertz CT molecular complexity index is 433. The van der Waals surface area contributed by atoms with Gasteiger partial charge in [-0.1, -0.05) is 18.2 Å². The molecule has 0 atom stereocenters. The molecule has 1 aromatic rings. The Kier molecular flexibility index (Phi) is 4.52. The Morgan fingerprint density at radius 3 is 2.28 bits per heavy atom. The molecule has 100 valence electrons. The summed E-state index contributed by atoms with van der Waals surface area (Å²) in [6.45, 7) is 11.0. The highest BCUT2D eigenvalue weighted by Gasteiger charge is 2.23. The number of rotatable bonds is 4. The second-order valence-corrected chi connectivity index (χ2v) is 5.84. The van der Waals surface area contributed by atoms with Gasteiger partial charge in [-0.05, 0) is 51.3 Å². The molecule has 1 rings (SSSR count). The van der Waals surface area contributed by atoms with Crippen molar-refractivity contribution in [2.45, 2.75) is 46.7 Å². The average molecular weight is 249 g/mol. The van der Waals surface area contributed by atoms with Crippen LogP contribution in [0.2, 0.25) is 0 Å². The molecular weight excluding hydrogens is 226 g/mol. The second kappa shape index (κ2) is 5.53. The molecule has 1 N–H and O–H groups in total. The maximum absolute atomic E-state index is 10.9. The first-order valence-corrected chi connectivity index (χ1v) is 6.23. The normalized spacial score (nSPS) is 11.9. The number of benzene rings is 1. The predicted molar refractivity (Wildman–Crippen MR) is 73.7 cm³/mol. The van der Waals surface area contributed by atoms with E-state index in [9.17, 15) is 4.79 Å². The summed E-state index contributed by atoms with van der Waals surface area (Å²) >= 11 is 0. The lowest BCUT2D eigenvalue weighted by Crippen LogP contribution is -2.43. The van der Waals surface area contributed by atoms with E-state index in [-0.39, 0.29) is 12.1 Å². The standard InChI is InChI=1S/C15H23NO2/c1-11-6-7-13(8-12(11)2)9-16(10-14(17)18)15(3,4)5/h6-8H,9-10H2,1-5H3,(H,17,18). The largest absolute Gasteiger partial charge is 0.480 e. The van der Waals surface area contributed by atoms with Crippen LogP contribution in [0.25, 0.3) is 0 Å². The number of hydrogen-bond acceptors (Lipinski definition) is 2. The number of aryl methyl sites for hydroxylation is 2. The topological polar surface area (TPSA) is 40.5 Å². The minimum Gasteiger partial charge on any atom is -0.480 e. The lowest BCUT2D eigenvalue weighted by atomic mass is 10.0. The second-order valence-electron chi connectivity index (χ2n) is 5.84. The van der Waals surface area contributed by atoms with Crippen molar-refractivity contribution in [2.24, 2.45) is 0 Å². The van der Waals surface area contributed by atoms with Gasteiger partial charge in [0.1, 0.15) is 0 Å². The Morgan fingerprint density at radius 2 is 1.83 bits per heavy atom. The first-order valence-electron chi connectivity index (χ1n) is 6.23. The molecule has 0 radical (unpaired) electrons. The van der Waals surface area contributed by atoms with Gasteiger partial charge in [0.15, 0.2) is 0 Å². The molecule has 0 aliphatic carbocycles. The van der Waals surface area contributed by atoms with Gasteiger partial charge in [-0.15, -0.1) is 0 Å². The summed E-state index contributed by atoms with van der Waals surface area (Å²) in [6.07, 6.45) is 0. The van der Waals surface area contributed by atoms with E-state index in [1.54, 1.807) is 0 Å². The van der Waals surface area contributed by atoms with E-state index in [4.69, 9.17) is 5.11 Å². The van der Waals surface area contributed by atoms with E-state index in [0.29, 0.717) is 6.54 Å². The van der Waals surface area contributed by atoms with Gasteiger partial charge in [-0.3, -0.25) is 9.69 Å². The zero-order chi connectivity index (χ0) is 13.9. The number of carboxylic acid groups (broad SMARTS) is 1. The number of nitrogens with zero attached hydrogens (tertiary/aromatic N) is 1. The minimum atomic E-state index is -0.784. The highest BCUT2D eigenvalue weighted by molar-refractivity contribution is 5.69. The quantitative estimate of drug-likeness (QED) is 0.891. The van der Waals surface area contributed by atoms with Gasteiger partial charge >= 0.3 is 5.97 Å². The molecule has 1 aromatic carbocycles. The Balaban J connectivity index is 2.89. The van der Waals surface area contributed by atoms with Crippen LogP contribution >= 0.6 is 0 Å². The Morgan fingerprint density at radius 1 is 1.22 bits per heavy atom. The van der Waals surface area contributed by atoms with Crippen LogP contribution in [0.3, 0.4) is 0 Å². The number of carboxylic acids is 1. The fourth-order valence-corrected chi connectivity index (χ4v) is 1.82. The summed E-state index contributed by atoms with van der Waals surface area (Å²) in [5, 5.41) is 8.98. The van der Waals surface area contributed by atoms with Crippen LogP contribution in [0.4, 0.5) is 0 Å². The fraction of sp³-hybridized carbons (Fsp3) is 0.533. The third-order valence-corrected chi connectivity index (χ3v) is 3.22.